The lowest BCUT2D eigenvalue weighted by Crippen LogP contribution is -2.02. The molecule has 2 aromatic carbocycles. The van der Waals surface area contributed by atoms with Crippen LogP contribution in [0.4, 0.5) is 17.5 Å². The monoisotopic (exact) mass is 449 g/mol. The van der Waals surface area contributed by atoms with Gasteiger partial charge >= 0.3 is 5.97 Å². The molecule has 0 spiro atoms. The van der Waals surface area contributed by atoms with Crippen LogP contribution in [0.5, 0.6) is 0 Å². The van der Waals surface area contributed by atoms with E-state index in [-0.39, 0.29) is 18.8 Å². The average Bonchev–Trinajstić information content (AvgIpc) is 3.23. The van der Waals surface area contributed by atoms with Crippen molar-refractivity contribution < 1.29 is 14.3 Å². The molecular weight excluding hydrogens is 430 g/mol. The molecule has 0 fully saturated rings. The van der Waals surface area contributed by atoms with E-state index in [4.69, 9.17) is 26.9 Å². The van der Waals surface area contributed by atoms with Crippen LogP contribution in [0.3, 0.4) is 0 Å². The largest absolute Gasteiger partial charge is 0.481 e. The number of anilines is 3. The van der Waals surface area contributed by atoms with Gasteiger partial charge in [-0.05, 0) is 36.8 Å². The summed E-state index contributed by atoms with van der Waals surface area (Å²) < 4.78 is 5.35. The highest BCUT2D eigenvalue weighted by atomic mass is 35.5. The molecule has 9 heteroatoms. The summed E-state index contributed by atoms with van der Waals surface area (Å²) in [6, 6.07) is 14.9. The number of nitrogens with two attached hydrogens (primary N) is 1. The van der Waals surface area contributed by atoms with Crippen LogP contribution < -0.4 is 11.1 Å². The van der Waals surface area contributed by atoms with Gasteiger partial charge in [-0.2, -0.15) is 4.98 Å². The molecule has 4 aromatic rings. The first-order valence-electron chi connectivity index (χ1n) is 9.82. The van der Waals surface area contributed by atoms with Gasteiger partial charge in [0.25, 0.3) is 0 Å². The number of nitrogens with zero attached hydrogens (tertiary/aromatic N) is 3. The Balaban J connectivity index is 1.52. The third-order valence-corrected chi connectivity index (χ3v) is 5.01. The van der Waals surface area contributed by atoms with Gasteiger partial charge in [-0.3, -0.25) is 4.79 Å². The highest BCUT2D eigenvalue weighted by Crippen LogP contribution is 2.28. The number of hydrogen-bond acceptors (Lipinski definition) is 7. The van der Waals surface area contributed by atoms with Crippen molar-refractivity contribution in [3.05, 3.63) is 71.3 Å². The number of aryl methyl sites for hydroxylation is 2. The number of nitrogens with one attached hydrogen (secondary N) is 1. The second-order valence-corrected chi connectivity index (χ2v) is 7.61. The Morgan fingerprint density at radius 2 is 1.88 bits per heavy atom. The zero-order chi connectivity index (χ0) is 22.7. The normalized spacial score (nSPS) is 10.8. The molecule has 0 radical (unpaired) electrons. The molecule has 0 saturated heterocycles. The maximum Gasteiger partial charge on any atom is 0.303 e. The molecular formula is C23H20ClN5O3. The number of benzene rings is 2. The Kier molecular flexibility index (Phi) is 6.04. The van der Waals surface area contributed by atoms with E-state index >= 15 is 0 Å². The fourth-order valence-corrected chi connectivity index (χ4v) is 3.35. The van der Waals surface area contributed by atoms with Crippen molar-refractivity contribution in [2.24, 2.45) is 0 Å². The van der Waals surface area contributed by atoms with Crippen molar-refractivity contribution in [3.8, 4) is 22.5 Å². The number of oxazole rings is 1. The highest BCUT2D eigenvalue weighted by molar-refractivity contribution is 6.30. The summed E-state index contributed by atoms with van der Waals surface area (Å²) in [4.78, 5) is 23.6. The van der Waals surface area contributed by atoms with Crippen molar-refractivity contribution in [2.75, 3.05) is 11.1 Å². The van der Waals surface area contributed by atoms with Crippen LogP contribution >= 0.6 is 11.6 Å². The summed E-state index contributed by atoms with van der Waals surface area (Å²) in [5, 5.41) is 12.6. The number of hydrogen-bond donors (Lipinski definition) is 3. The molecule has 0 unspecified atom stereocenters. The third kappa shape index (κ3) is 5.04. The molecule has 0 aliphatic carbocycles. The highest BCUT2D eigenvalue weighted by Gasteiger charge is 2.11. The SMILES string of the molecule is Cc1ccc(Cl)cc1-c1cc(Nc2ccc(-c3coc(CCC(=O)O)n3)cc2)nc(N)n1. The third-order valence-electron chi connectivity index (χ3n) is 4.78. The number of nitrogen functional groups attached to an aromatic ring is 1. The van der Waals surface area contributed by atoms with E-state index in [1.165, 1.54) is 6.26 Å². The molecule has 162 valence electrons. The Bertz CT molecular complexity index is 1270. The number of halogens is 1. The zero-order valence-electron chi connectivity index (χ0n) is 17.2. The Morgan fingerprint density at radius 1 is 1.09 bits per heavy atom. The van der Waals surface area contributed by atoms with Crippen LogP contribution in [-0.4, -0.2) is 26.0 Å². The summed E-state index contributed by atoms with van der Waals surface area (Å²) in [5.74, 6) is 0.207. The van der Waals surface area contributed by atoms with Crippen LogP contribution in [-0.2, 0) is 11.2 Å². The first-order chi connectivity index (χ1) is 15.4. The summed E-state index contributed by atoms with van der Waals surface area (Å²) in [6.45, 7) is 1.98. The van der Waals surface area contributed by atoms with E-state index in [1.807, 2.05) is 55.5 Å². The van der Waals surface area contributed by atoms with Crippen LogP contribution in [0, 0.1) is 6.92 Å². The van der Waals surface area contributed by atoms with Crippen LogP contribution in [0.1, 0.15) is 17.9 Å². The number of carbonyl (C=O) groups is 1. The van der Waals surface area contributed by atoms with Crippen LogP contribution in [0.25, 0.3) is 22.5 Å². The second-order valence-electron chi connectivity index (χ2n) is 7.18. The minimum absolute atomic E-state index is 0.0262. The van der Waals surface area contributed by atoms with E-state index in [1.54, 1.807) is 0 Å². The number of carboxylic acid groups (broad SMARTS) is 1. The predicted octanol–water partition coefficient (Wildman–Crippen LogP) is 5.10. The molecule has 0 aliphatic rings. The minimum atomic E-state index is -0.890. The zero-order valence-corrected chi connectivity index (χ0v) is 17.9. The average molecular weight is 450 g/mol. The van der Waals surface area contributed by atoms with Crippen LogP contribution in [0.15, 0.2) is 59.2 Å². The van der Waals surface area contributed by atoms with Gasteiger partial charge in [0.05, 0.1) is 12.1 Å². The summed E-state index contributed by atoms with van der Waals surface area (Å²) in [6.07, 6.45) is 1.74. The lowest BCUT2D eigenvalue weighted by molar-refractivity contribution is -0.137. The van der Waals surface area contributed by atoms with E-state index < -0.39 is 5.97 Å². The quantitative estimate of drug-likeness (QED) is 0.355. The molecule has 4 N–H and O–H groups in total. The summed E-state index contributed by atoms with van der Waals surface area (Å²) in [5.41, 5.74) is 10.8. The number of aromatic nitrogens is 3. The number of aliphatic carboxylic acids is 1. The molecule has 32 heavy (non-hydrogen) atoms. The van der Waals surface area contributed by atoms with Gasteiger partial charge in [0.15, 0.2) is 5.89 Å². The first kappa shape index (κ1) is 21.3. The van der Waals surface area contributed by atoms with Crippen molar-refractivity contribution in [1.82, 2.24) is 15.0 Å². The van der Waals surface area contributed by atoms with Gasteiger partial charge in [0.1, 0.15) is 17.8 Å². The standard InChI is InChI=1S/C23H20ClN5O3/c1-13-2-5-15(24)10-17(13)18-11-20(29-23(25)28-18)26-16-6-3-14(4-7-16)19-12-32-21(27-19)8-9-22(30)31/h2-7,10-12H,8-9H2,1H3,(H,30,31)(H3,25,26,28,29). The molecule has 2 aromatic heterocycles. The van der Waals surface area contributed by atoms with Crippen molar-refractivity contribution in [3.63, 3.8) is 0 Å². The maximum atomic E-state index is 10.7. The Labute approximate surface area is 189 Å². The molecule has 0 saturated carbocycles. The molecule has 0 amide bonds. The van der Waals surface area contributed by atoms with Crippen LogP contribution in [0.2, 0.25) is 5.02 Å². The Morgan fingerprint density at radius 3 is 2.62 bits per heavy atom. The van der Waals surface area contributed by atoms with Crippen molar-refractivity contribution in [1.29, 1.82) is 0 Å². The van der Waals surface area contributed by atoms with Gasteiger partial charge in [0, 0.05) is 34.3 Å². The van der Waals surface area contributed by atoms with Crippen molar-refractivity contribution >= 4 is 35.0 Å². The topological polar surface area (TPSA) is 127 Å². The fourth-order valence-electron chi connectivity index (χ4n) is 3.18. The predicted molar refractivity (Wildman–Crippen MR) is 123 cm³/mol. The van der Waals surface area contributed by atoms with Gasteiger partial charge in [-0.15, -0.1) is 0 Å². The molecule has 0 aliphatic heterocycles. The molecule has 4 rings (SSSR count). The van der Waals surface area contributed by atoms with Gasteiger partial charge in [-0.1, -0.05) is 29.8 Å². The first-order valence-corrected chi connectivity index (χ1v) is 10.2. The minimum Gasteiger partial charge on any atom is -0.481 e. The molecule has 0 bridgehead atoms. The lowest BCUT2D eigenvalue weighted by Gasteiger charge is -2.11. The fraction of sp³-hybridized carbons (Fsp3) is 0.130. The van der Waals surface area contributed by atoms with E-state index in [2.05, 4.69) is 20.3 Å². The number of rotatable bonds is 7. The summed E-state index contributed by atoms with van der Waals surface area (Å²) >= 11 is 6.15. The van der Waals surface area contributed by atoms with Gasteiger partial charge < -0.3 is 20.6 Å². The second kappa shape index (κ2) is 9.07. The molecule has 0 atom stereocenters. The van der Waals surface area contributed by atoms with Gasteiger partial charge in [-0.25, -0.2) is 9.97 Å². The molecule has 2 heterocycles. The molecule has 8 nitrogen and oxygen atoms in total. The lowest BCUT2D eigenvalue weighted by atomic mass is 10.1. The van der Waals surface area contributed by atoms with E-state index in [0.29, 0.717) is 28.1 Å². The Hall–Kier alpha value is -3.91. The van der Waals surface area contributed by atoms with E-state index in [0.717, 1.165) is 22.4 Å². The van der Waals surface area contributed by atoms with E-state index in [9.17, 15) is 4.79 Å². The maximum absolute atomic E-state index is 10.7. The van der Waals surface area contributed by atoms with Crippen molar-refractivity contribution in [2.45, 2.75) is 19.8 Å². The number of carboxylic acids is 1. The van der Waals surface area contributed by atoms with Gasteiger partial charge in [0.2, 0.25) is 5.95 Å². The summed E-state index contributed by atoms with van der Waals surface area (Å²) in [7, 11) is 0. The smallest absolute Gasteiger partial charge is 0.303 e.